The largest absolute Gasteiger partial charge is 0.457 e. The number of carbonyl (C=O) groups excluding carboxylic acids is 1. The van der Waals surface area contributed by atoms with Crippen molar-refractivity contribution in [3.05, 3.63) is 72.9 Å². The molecule has 0 amide bonds. The van der Waals surface area contributed by atoms with Crippen molar-refractivity contribution in [3.63, 3.8) is 0 Å². The first-order valence-corrected chi connectivity index (χ1v) is 27.0. The summed E-state index contributed by atoms with van der Waals surface area (Å²) in [6.07, 6.45) is 36.7. The molecule has 0 saturated carbocycles. The predicted molar refractivity (Wildman–Crippen MR) is 275 cm³/mol. The molecule has 2 fully saturated rings. The molecule has 0 aliphatic carbocycles. The van der Waals surface area contributed by atoms with Gasteiger partial charge in [0.15, 0.2) is 12.6 Å². The van der Waals surface area contributed by atoms with Gasteiger partial charge < -0.3 is 64.2 Å². The molecule has 70 heavy (non-hydrogen) atoms. The molecule has 2 aliphatic rings. The Hall–Kier alpha value is -2.57. The lowest BCUT2D eigenvalue weighted by atomic mass is 9.98. The van der Waals surface area contributed by atoms with Gasteiger partial charge in [0.05, 0.1) is 26.4 Å². The van der Waals surface area contributed by atoms with E-state index in [4.69, 9.17) is 28.4 Å². The van der Waals surface area contributed by atoms with Crippen LogP contribution in [-0.4, -0.2) is 142 Å². The van der Waals surface area contributed by atoms with Gasteiger partial charge in [0.25, 0.3) is 0 Å². The van der Waals surface area contributed by atoms with E-state index in [0.29, 0.717) is 13.0 Å². The smallest absolute Gasteiger partial charge is 0.306 e. The number of carbonyl (C=O) groups is 1. The zero-order valence-corrected chi connectivity index (χ0v) is 43.0. The second kappa shape index (κ2) is 42.9. The lowest BCUT2D eigenvalue weighted by molar-refractivity contribution is -0.332. The Labute approximate surface area is 421 Å². The minimum atomic E-state index is -1.71. The third-order valence-corrected chi connectivity index (χ3v) is 12.4. The molecular formula is C56H96O14. The van der Waals surface area contributed by atoms with Gasteiger partial charge in [0.2, 0.25) is 0 Å². The van der Waals surface area contributed by atoms with Gasteiger partial charge in [0.1, 0.15) is 54.9 Å². The van der Waals surface area contributed by atoms with Crippen molar-refractivity contribution >= 4 is 5.97 Å². The van der Waals surface area contributed by atoms with Crippen LogP contribution in [-0.2, 0) is 33.2 Å². The molecule has 0 aromatic carbocycles. The average Bonchev–Trinajstić information content (AvgIpc) is 3.36. The van der Waals surface area contributed by atoms with Gasteiger partial charge in [0, 0.05) is 13.0 Å². The van der Waals surface area contributed by atoms with Crippen LogP contribution in [0.5, 0.6) is 0 Å². The van der Waals surface area contributed by atoms with Gasteiger partial charge in [-0.15, -0.1) is 0 Å². The Kier molecular flexibility index (Phi) is 38.9. The molecule has 0 spiro atoms. The lowest BCUT2D eigenvalue weighted by Crippen LogP contribution is -2.61. The zero-order chi connectivity index (χ0) is 50.9. The van der Waals surface area contributed by atoms with E-state index in [1.54, 1.807) is 0 Å². The summed E-state index contributed by atoms with van der Waals surface area (Å²) in [5.41, 5.74) is 0. The summed E-state index contributed by atoms with van der Waals surface area (Å²) >= 11 is 0. The summed E-state index contributed by atoms with van der Waals surface area (Å²) in [4.78, 5) is 13.0. The summed E-state index contributed by atoms with van der Waals surface area (Å²) in [5.74, 6) is -0.391. The Morgan fingerprint density at radius 2 is 0.929 bits per heavy atom. The monoisotopic (exact) mass is 993 g/mol. The number of esters is 1. The highest BCUT2D eigenvalue weighted by Gasteiger charge is 2.47. The fourth-order valence-corrected chi connectivity index (χ4v) is 8.06. The summed E-state index contributed by atoms with van der Waals surface area (Å²) in [6.45, 7) is 3.49. The Morgan fingerprint density at radius 1 is 0.486 bits per heavy atom. The van der Waals surface area contributed by atoms with E-state index in [0.717, 1.165) is 96.3 Å². The zero-order valence-electron chi connectivity index (χ0n) is 43.0. The maximum Gasteiger partial charge on any atom is 0.306 e. The number of unbranched alkanes of at least 4 members (excludes halogenated alkanes) is 16. The number of rotatable bonds is 42. The lowest BCUT2D eigenvalue weighted by Gasteiger charge is -2.42. The van der Waals surface area contributed by atoms with Crippen LogP contribution < -0.4 is 0 Å². The molecular weight excluding hydrogens is 897 g/mol. The van der Waals surface area contributed by atoms with Crippen molar-refractivity contribution < 1.29 is 69.0 Å². The molecule has 2 aliphatic heterocycles. The minimum absolute atomic E-state index is 0.0474. The van der Waals surface area contributed by atoms with E-state index < -0.39 is 86.7 Å². The van der Waals surface area contributed by atoms with E-state index in [-0.39, 0.29) is 19.6 Å². The molecule has 0 aromatic heterocycles. The normalized spacial score (nSPS) is 26.1. The van der Waals surface area contributed by atoms with Crippen LogP contribution in [0.3, 0.4) is 0 Å². The Balaban J connectivity index is 1.75. The van der Waals surface area contributed by atoms with Crippen LogP contribution in [0.4, 0.5) is 0 Å². The number of aliphatic hydroxyl groups excluding tert-OH is 7. The SMILES string of the molecule is CC/C=C\C/C=C\C/C=C\C/C=C\CCCCCCCCCCC(=O)OC(COCCCCCCCC/C=C\C/C=C\CCCC)COC1OC(COC2OC(CO)C(O)C(O)C2O)C(O)C(O)C1O. The van der Waals surface area contributed by atoms with E-state index in [2.05, 4.69) is 86.8 Å². The molecule has 11 atom stereocenters. The van der Waals surface area contributed by atoms with Crippen molar-refractivity contribution in [3.8, 4) is 0 Å². The summed E-state index contributed by atoms with van der Waals surface area (Å²) in [6, 6.07) is 0. The van der Waals surface area contributed by atoms with E-state index >= 15 is 0 Å². The number of aliphatic hydroxyl groups is 7. The average molecular weight is 993 g/mol. The topological polar surface area (TPSA) is 214 Å². The van der Waals surface area contributed by atoms with Gasteiger partial charge in [-0.2, -0.15) is 0 Å². The summed E-state index contributed by atoms with van der Waals surface area (Å²) in [5, 5.41) is 72.2. The second-order valence-corrected chi connectivity index (χ2v) is 18.7. The Morgan fingerprint density at radius 3 is 1.46 bits per heavy atom. The molecule has 14 heteroatoms. The highest BCUT2D eigenvalue weighted by molar-refractivity contribution is 5.69. The standard InChI is InChI=1S/C56H96O14/c1-3-5-7-9-11-13-15-17-19-20-21-22-23-24-25-27-29-31-33-35-37-39-48(58)68-45(42-65-40-38-36-34-32-30-28-26-18-16-14-12-10-8-6-4-2)43-66-55-54(64)52(62)50(60)47(70-55)44-67-56-53(63)51(61)49(59)46(41-57)69-56/h5,7,10-13,16-19,21-22,45-47,49-57,59-64H,3-4,6,8-9,14-15,20,23-44H2,1-2H3/b7-5-,12-10-,13-11-,18-16-,19-17-,22-21-. The van der Waals surface area contributed by atoms with Gasteiger partial charge in [-0.3, -0.25) is 4.79 Å². The molecule has 0 aromatic rings. The van der Waals surface area contributed by atoms with Crippen LogP contribution in [0, 0.1) is 0 Å². The van der Waals surface area contributed by atoms with Crippen molar-refractivity contribution in [1.82, 2.24) is 0 Å². The van der Waals surface area contributed by atoms with Crippen LogP contribution in [0.2, 0.25) is 0 Å². The van der Waals surface area contributed by atoms with Crippen LogP contribution >= 0.6 is 0 Å². The molecule has 2 saturated heterocycles. The van der Waals surface area contributed by atoms with Crippen molar-refractivity contribution in [2.75, 3.05) is 33.0 Å². The third kappa shape index (κ3) is 29.8. The van der Waals surface area contributed by atoms with Crippen LogP contribution in [0.25, 0.3) is 0 Å². The fourth-order valence-electron chi connectivity index (χ4n) is 8.06. The minimum Gasteiger partial charge on any atom is -0.457 e. The van der Waals surface area contributed by atoms with Crippen LogP contribution in [0.15, 0.2) is 72.9 Å². The first-order valence-electron chi connectivity index (χ1n) is 27.0. The van der Waals surface area contributed by atoms with Crippen molar-refractivity contribution in [2.24, 2.45) is 0 Å². The molecule has 0 bridgehead atoms. The van der Waals surface area contributed by atoms with Crippen molar-refractivity contribution in [2.45, 2.75) is 242 Å². The third-order valence-electron chi connectivity index (χ3n) is 12.4. The Bertz CT molecular complexity index is 1430. The molecule has 11 unspecified atom stereocenters. The molecule has 2 heterocycles. The number of hydrogen-bond donors (Lipinski definition) is 7. The molecule has 2 rings (SSSR count). The fraction of sp³-hybridized carbons (Fsp3) is 0.768. The van der Waals surface area contributed by atoms with E-state index in [9.17, 15) is 40.5 Å². The van der Waals surface area contributed by atoms with E-state index in [1.807, 2.05) is 0 Å². The van der Waals surface area contributed by atoms with Crippen molar-refractivity contribution in [1.29, 1.82) is 0 Å². The van der Waals surface area contributed by atoms with Gasteiger partial charge in [-0.25, -0.2) is 0 Å². The summed E-state index contributed by atoms with van der Waals surface area (Å²) < 4.78 is 34.3. The van der Waals surface area contributed by atoms with E-state index in [1.165, 1.54) is 51.4 Å². The van der Waals surface area contributed by atoms with Gasteiger partial charge in [-0.1, -0.05) is 164 Å². The quantitative estimate of drug-likeness (QED) is 0.0173. The molecule has 404 valence electrons. The maximum atomic E-state index is 13.0. The number of allylic oxidation sites excluding steroid dienone is 12. The molecule has 14 nitrogen and oxygen atoms in total. The van der Waals surface area contributed by atoms with Gasteiger partial charge in [-0.05, 0) is 77.0 Å². The molecule has 0 radical (unpaired) electrons. The first-order chi connectivity index (χ1) is 34.1. The number of hydrogen-bond acceptors (Lipinski definition) is 14. The van der Waals surface area contributed by atoms with Gasteiger partial charge >= 0.3 is 5.97 Å². The maximum absolute atomic E-state index is 13.0. The second-order valence-electron chi connectivity index (χ2n) is 18.7. The number of ether oxygens (including phenoxy) is 6. The highest BCUT2D eigenvalue weighted by atomic mass is 16.7. The first kappa shape index (κ1) is 63.5. The predicted octanol–water partition coefficient (Wildman–Crippen LogP) is 8.68. The molecule has 7 N–H and O–H groups in total. The summed E-state index contributed by atoms with van der Waals surface area (Å²) in [7, 11) is 0. The van der Waals surface area contributed by atoms with Crippen LogP contribution in [0.1, 0.15) is 174 Å². The highest BCUT2D eigenvalue weighted by Crippen LogP contribution is 2.26.